The summed E-state index contributed by atoms with van der Waals surface area (Å²) in [5.41, 5.74) is 0.609. The Kier molecular flexibility index (Phi) is 4.56. The molecule has 2 aliphatic heterocycles. The normalized spacial score (nSPS) is 18.0. The molecule has 1 spiro atoms. The van der Waals surface area contributed by atoms with Gasteiger partial charge in [-0.3, -0.25) is 9.59 Å². The SMILES string of the molecule is COc1ccc2c(c1)C(=O)CC1(CCN(C(=O)c3cccc(Cl)c3)CC1)O2. The molecule has 2 aliphatic rings. The molecule has 0 unspecified atom stereocenters. The van der Waals surface area contributed by atoms with Crippen LogP contribution in [0.2, 0.25) is 5.02 Å². The van der Waals surface area contributed by atoms with Gasteiger partial charge in [-0.15, -0.1) is 0 Å². The molecule has 1 saturated heterocycles. The first-order chi connectivity index (χ1) is 13.0. The molecule has 2 heterocycles. The van der Waals surface area contributed by atoms with Crippen molar-refractivity contribution in [3.63, 3.8) is 0 Å². The zero-order valence-electron chi connectivity index (χ0n) is 15.0. The minimum Gasteiger partial charge on any atom is -0.497 e. The van der Waals surface area contributed by atoms with Crippen molar-refractivity contribution in [2.24, 2.45) is 0 Å². The predicted octanol–water partition coefficient (Wildman–Crippen LogP) is 3.99. The van der Waals surface area contributed by atoms with E-state index in [1.807, 2.05) is 0 Å². The second kappa shape index (κ2) is 6.89. The average Bonchev–Trinajstić information content (AvgIpc) is 2.68. The molecule has 0 saturated carbocycles. The maximum atomic E-state index is 12.7. The summed E-state index contributed by atoms with van der Waals surface area (Å²) in [5.74, 6) is 1.26. The summed E-state index contributed by atoms with van der Waals surface area (Å²) in [6.45, 7) is 1.09. The maximum absolute atomic E-state index is 12.7. The molecular formula is C21H20ClNO4. The molecule has 1 amide bonds. The third-order valence-corrected chi connectivity index (χ3v) is 5.56. The van der Waals surface area contributed by atoms with Crippen LogP contribution in [0.25, 0.3) is 0 Å². The maximum Gasteiger partial charge on any atom is 0.253 e. The van der Waals surface area contributed by atoms with Crippen LogP contribution in [-0.4, -0.2) is 42.4 Å². The number of ether oxygens (including phenoxy) is 2. The highest BCUT2D eigenvalue weighted by Crippen LogP contribution is 2.40. The van der Waals surface area contributed by atoms with Gasteiger partial charge in [-0.05, 0) is 36.4 Å². The summed E-state index contributed by atoms with van der Waals surface area (Å²) in [6, 6.07) is 12.3. The lowest BCUT2D eigenvalue weighted by molar-refractivity contribution is -0.00576. The van der Waals surface area contributed by atoms with Crippen LogP contribution in [0.5, 0.6) is 11.5 Å². The monoisotopic (exact) mass is 385 g/mol. The average molecular weight is 386 g/mol. The number of hydrogen-bond acceptors (Lipinski definition) is 4. The van der Waals surface area contributed by atoms with E-state index in [0.717, 1.165) is 0 Å². The molecule has 4 rings (SSSR count). The Morgan fingerprint density at radius 1 is 1.19 bits per heavy atom. The van der Waals surface area contributed by atoms with Gasteiger partial charge in [-0.2, -0.15) is 0 Å². The number of amides is 1. The fourth-order valence-corrected chi connectivity index (χ4v) is 3.99. The van der Waals surface area contributed by atoms with E-state index in [4.69, 9.17) is 21.1 Å². The number of halogens is 1. The molecule has 6 heteroatoms. The van der Waals surface area contributed by atoms with Crippen LogP contribution < -0.4 is 9.47 Å². The topological polar surface area (TPSA) is 55.8 Å². The molecule has 0 atom stereocenters. The minimum absolute atomic E-state index is 0.0420. The molecule has 27 heavy (non-hydrogen) atoms. The molecular weight excluding hydrogens is 366 g/mol. The molecule has 2 aromatic carbocycles. The molecule has 0 N–H and O–H groups in total. The second-order valence-corrected chi connectivity index (χ2v) is 7.49. The first-order valence-electron chi connectivity index (χ1n) is 8.95. The number of likely N-dealkylation sites (tertiary alicyclic amines) is 1. The summed E-state index contributed by atoms with van der Waals surface area (Å²) in [4.78, 5) is 27.2. The van der Waals surface area contributed by atoms with Crippen LogP contribution in [0.15, 0.2) is 42.5 Å². The lowest BCUT2D eigenvalue weighted by Gasteiger charge is -2.44. The van der Waals surface area contributed by atoms with E-state index in [9.17, 15) is 9.59 Å². The molecule has 1 fully saturated rings. The van der Waals surface area contributed by atoms with Crippen molar-refractivity contribution in [3.05, 3.63) is 58.6 Å². The fourth-order valence-electron chi connectivity index (χ4n) is 3.80. The highest BCUT2D eigenvalue weighted by Gasteiger charge is 2.43. The van der Waals surface area contributed by atoms with Crippen LogP contribution in [0.3, 0.4) is 0 Å². The van der Waals surface area contributed by atoms with Gasteiger partial charge < -0.3 is 14.4 Å². The smallest absolute Gasteiger partial charge is 0.253 e. The van der Waals surface area contributed by atoms with E-state index in [2.05, 4.69) is 0 Å². The van der Waals surface area contributed by atoms with Crippen molar-refractivity contribution < 1.29 is 19.1 Å². The van der Waals surface area contributed by atoms with Crippen LogP contribution in [0.4, 0.5) is 0 Å². The van der Waals surface area contributed by atoms with E-state index in [-0.39, 0.29) is 11.7 Å². The van der Waals surface area contributed by atoms with Crippen LogP contribution >= 0.6 is 11.6 Å². The Bertz CT molecular complexity index is 903. The predicted molar refractivity (Wildman–Crippen MR) is 102 cm³/mol. The van der Waals surface area contributed by atoms with Crippen molar-refractivity contribution in [2.75, 3.05) is 20.2 Å². The van der Waals surface area contributed by atoms with Gasteiger partial charge in [0.15, 0.2) is 5.78 Å². The lowest BCUT2D eigenvalue weighted by Crippen LogP contribution is -2.52. The van der Waals surface area contributed by atoms with Crippen LogP contribution in [0.1, 0.15) is 40.0 Å². The Morgan fingerprint density at radius 2 is 1.96 bits per heavy atom. The number of ketones is 1. The van der Waals surface area contributed by atoms with E-state index >= 15 is 0 Å². The number of carbonyl (C=O) groups is 2. The number of fused-ring (bicyclic) bond motifs is 1. The molecule has 0 aromatic heterocycles. The third-order valence-electron chi connectivity index (χ3n) is 5.33. The van der Waals surface area contributed by atoms with Crippen molar-refractivity contribution in [2.45, 2.75) is 24.9 Å². The Labute approximate surface area is 162 Å². The number of rotatable bonds is 2. The first kappa shape index (κ1) is 17.9. The molecule has 140 valence electrons. The van der Waals surface area contributed by atoms with Crippen molar-refractivity contribution in [1.82, 2.24) is 4.90 Å². The van der Waals surface area contributed by atoms with E-state index in [0.29, 0.717) is 60.0 Å². The van der Waals surface area contributed by atoms with Gasteiger partial charge >= 0.3 is 0 Å². The summed E-state index contributed by atoms with van der Waals surface area (Å²) >= 11 is 5.99. The van der Waals surface area contributed by atoms with E-state index in [1.165, 1.54) is 0 Å². The van der Waals surface area contributed by atoms with Gasteiger partial charge in [0.1, 0.15) is 17.1 Å². The second-order valence-electron chi connectivity index (χ2n) is 7.05. The van der Waals surface area contributed by atoms with E-state index in [1.54, 1.807) is 54.5 Å². The van der Waals surface area contributed by atoms with Crippen LogP contribution in [0, 0.1) is 0 Å². The zero-order valence-corrected chi connectivity index (χ0v) is 15.8. The minimum atomic E-state index is -0.538. The summed E-state index contributed by atoms with van der Waals surface area (Å²) in [6.07, 6.45) is 1.57. The highest BCUT2D eigenvalue weighted by molar-refractivity contribution is 6.30. The van der Waals surface area contributed by atoms with Gasteiger partial charge in [0.05, 0.1) is 19.1 Å². The number of nitrogens with zero attached hydrogens (tertiary/aromatic N) is 1. The molecule has 2 aromatic rings. The number of piperidine rings is 1. The van der Waals surface area contributed by atoms with E-state index < -0.39 is 5.60 Å². The van der Waals surface area contributed by atoms with Crippen molar-refractivity contribution in [3.8, 4) is 11.5 Å². The number of methoxy groups -OCH3 is 1. The molecule has 0 aliphatic carbocycles. The zero-order chi connectivity index (χ0) is 19.0. The Hall–Kier alpha value is -2.53. The molecule has 5 nitrogen and oxygen atoms in total. The van der Waals surface area contributed by atoms with Crippen LogP contribution in [-0.2, 0) is 0 Å². The van der Waals surface area contributed by atoms with Gasteiger partial charge in [-0.1, -0.05) is 17.7 Å². The van der Waals surface area contributed by atoms with Crippen molar-refractivity contribution >= 4 is 23.3 Å². The Morgan fingerprint density at radius 3 is 2.67 bits per heavy atom. The first-order valence-corrected chi connectivity index (χ1v) is 9.33. The standard InChI is InChI=1S/C21H20ClNO4/c1-26-16-5-6-19-17(12-16)18(24)13-21(27-19)7-9-23(10-8-21)20(25)14-3-2-4-15(22)11-14/h2-6,11-12H,7-10,13H2,1H3. The fraction of sp³-hybridized carbons (Fsp3) is 0.333. The summed E-state index contributed by atoms with van der Waals surface area (Å²) in [7, 11) is 1.57. The third kappa shape index (κ3) is 3.39. The Balaban J connectivity index is 1.48. The number of benzene rings is 2. The molecule has 0 radical (unpaired) electrons. The number of hydrogen-bond donors (Lipinski definition) is 0. The lowest BCUT2D eigenvalue weighted by atomic mass is 9.82. The van der Waals surface area contributed by atoms with Crippen molar-refractivity contribution in [1.29, 1.82) is 0 Å². The van der Waals surface area contributed by atoms with Gasteiger partial charge in [0.2, 0.25) is 0 Å². The molecule has 0 bridgehead atoms. The van der Waals surface area contributed by atoms with Gasteiger partial charge in [0, 0.05) is 36.5 Å². The number of carbonyl (C=O) groups excluding carboxylic acids is 2. The van der Waals surface area contributed by atoms with Gasteiger partial charge in [0.25, 0.3) is 5.91 Å². The highest BCUT2D eigenvalue weighted by atomic mass is 35.5. The summed E-state index contributed by atoms with van der Waals surface area (Å²) < 4.78 is 11.4. The quantitative estimate of drug-likeness (QED) is 0.784. The van der Waals surface area contributed by atoms with Gasteiger partial charge in [-0.25, -0.2) is 0 Å². The number of Topliss-reactive ketones (excluding diaryl/α,β-unsaturated/α-hetero) is 1. The summed E-state index contributed by atoms with van der Waals surface area (Å²) in [5, 5.41) is 0.544. The largest absolute Gasteiger partial charge is 0.497 e.